The zero-order chi connectivity index (χ0) is 17.1. The SMILES string of the molecule is Bc1c(Cl)ccc(C)c1-c1cnc(C(=O)NCC(=O)O)c(O)c1. The zero-order valence-electron chi connectivity index (χ0n) is 12.6. The molecular weight excluding hydrogens is 318 g/mol. The van der Waals surface area contributed by atoms with Gasteiger partial charge in [0.1, 0.15) is 20.1 Å². The Hall–Kier alpha value is -2.54. The Labute approximate surface area is 138 Å². The van der Waals surface area contributed by atoms with Gasteiger partial charge in [0.15, 0.2) is 5.69 Å². The van der Waals surface area contributed by atoms with E-state index in [0.717, 1.165) is 16.6 Å². The molecule has 1 aromatic heterocycles. The highest BCUT2D eigenvalue weighted by molar-refractivity contribution is 6.47. The molecule has 0 aliphatic rings. The Kier molecular flexibility index (Phi) is 4.90. The number of rotatable bonds is 4. The number of hydrogen-bond acceptors (Lipinski definition) is 4. The van der Waals surface area contributed by atoms with Gasteiger partial charge in [-0.1, -0.05) is 23.1 Å². The van der Waals surface area contributed by atoms with Gasteiger partial charge in [0.2, 0.25) is 0 Å². The minimum absolute atomic E-state index is 0.229. The van der Waals surface area contributed by atoms with Gasteiger partial charge in [-0.3, -0.25) is 9.59 Å². The Morgan fingerprint density at radius 3 is 2.70 bits per heavy atom. The molecule has 3 N–H and O–H groups in total. The van der Waals surface area contributed by atoms with Gasteiger partial charge in [-0.15, -0.1) is 0 Å². The first-order valence-electron chi connectivity index (χ1n) is 6.76. The van der Waals surface area contributed by atoms with Crippen molar-refractivity contribution in [2.45, 2.75) is 6.92 Å². The number of hydrogen-bond donors (Lipinski definition) is 3. The number of aliphatic carboxylic acids is 1. The molecule has 1 aromatic carbocycles. The first-order chi connectivity index (χ1) is 10.8. The van der Waals surface area contributed by atoms with Gasteiger partial charge in [0, 0.05) is 16.8 Å². The normalized spacial score (nSPS) is 10.3. The van der Waals surface area contributed by atoms with Crippen LogP contribution in [0.3, 0.4) is 0 Å². The molecule has 8 heteroatoms. The predicted octanol–water partition coefficient (Wildman–Crippen LogP) is 0.489. The van der Waals surface area contributed by atoms with E-state index in [2.05, 4.69) is 10.3 Å². The molecule has 1 amide bonds. The number of carboxylic acid groups (broad SMARTS) is 1. The van der Waals surface area contributed by atoms with Crippen molar-refractivity contribution in [1.29, 1.82) is 0 Å². The Bertz CT molecular complexity index is 795. The standard InChI is InChI=1S/C15H14BClN2O4/c1-7-2-3-9(17)13(16)12(7)8-4-10(20)14(18-5-8)15(23)19-6-11(21)22/h2-5,20H,6,16H2,1H3,(H,19,23)(H,21,22). The summed E-state index contributed by atoms with van der Waals surface area (Å²) in [6.07, 6.45) is 1.45. The van der Waals surface area contributed by atoms with Gasteiger partial charge in [-0.25, -0.2) is 4.98 Å². The third-order valence-corrected chi connectivity index (χ3v) is 3.79. The van der Waals surface area contributed by atoms with Crippen LogP contribution in [0.5, 0.6) is 5.75 Å². The lowest BCUT2D eigenvalue weighted by atomic mass is 9.85. The number of aryl methyl sites for hydroxylation is 1. The second kappa shape index (κ2) is 6.70. The van der Waals surface area contributed by atoms with Gasteiger partial charge in [-0.05, 0) is 30.2 Å². The third-order valence-electron chi connectivity index (χ3n) is 3.38. The highest BCUT2D eigenvalue weighted by Crippen LogP contribution is 2.27. The molecule has 0 saturated heterocycles. The minimum Gasteiger partial charge on any atom is -0.505 e. The van der Waals surface area contributed by atoms with E-state index in [4.69, 9.17) is 16.7 Å². The van der Waals surface area contributed by atoms with Crippen LogP contribution < -0.4 is 10.8 Å². The lowest BCUT2D eigenvalue weighted by Crippen LogP contribution is -2.29. The Morgan fingerprint density at radius 2 is 2.09 bits per heavy atom. The second-order valence-electron chi connectivity index (χ2n) is 5.03. The summed E-state index contributed by atoms with van der Waals surface area (Å²) in [4.78, 5) is 26.2. The van der Waals surface area contributed by atoms with E-state index in [1.54, 1.807) is 6.07 Å². The summed E-state index contributed by atoms with van der Waals surface area (Å²) in [5, 5.41) is 21.3. The van der Waals surface area contributed by atoms with E-state index in [1.807, 2.05) is 20.8 Å². The van der Waals surface area contributed by atoms with Gasteiger partial charge in [0.25, 0.3) is 5.91 Å². The maximum Gasteiger partial charge on any atom is 0.322 e. The van der Waals surface area contributed by atoms with Crippen LogP contribution in [0.4, 0.5) is 0 Å². The van der Waals surface area contributed by atoms with Crippen molar-refractivity contribution >= 4 is 36.8 Å². The number of aromatic nitrogens is 1. The predicted molar refractivity (Wildman–Crippen MR) is 89.2 cm³/mol. The average molecular weight is 333 g/mol. The maximum absolute atomic E-state index is 11.8. The molecule has 6 nitrogen and oxygen atoms in total. The van der Waals surface area contributed by atoms with Gasteiger partial charge in [0.05, 0.1) is 0 Å². The fourth-order valence-corrected chi connectivity index (χ4v) is 2.43. The van der Waals surface area contributed by atoms with Crippen LogP contribution in [-0.2, 0) is 4.79 Å². The number of nitrogens with zero attached hydrogens (tertiary/aromatic N) is 1. The van der Waals surface area contributed by atoms with Crippen molar-refractivity contribution in [3.05, 3.63) is 40.7 Å². The Morgan fingerprint density at radius 1 is 1.39 bits per heavy atom. The van der Waals surface area contributed by atoms with Crippen LogP contribution in [0.25, 0.3) is 11.1 Å². The molecule has 23 heavy (non-hydrogen) atoms. The molecule has 2 aromatic rings. The number of amides is 1. The van der Waals surface area contributed by atoms with E-state index in [1.165, 1.54) is 12.3 Å². The highest BCUT2D eigenvalue weighted by Gasteiger charge is 2.16. The molecule has 0 unspecified atom stereocenters. The summed E-state index contributed by atoms with van der Waals surface area (Å²) in [6, 6.07) is 5.06. The molecule has 118 valence electrons. The Balaban J connectivity index is 2.39. The van der Waals surface area contributed by atoms with Crippen LogP contribution in [0.15, 0.2) is 24.4 Å². The number of carboxylic acids is 1. The van der Waals surface area contributed by atoms with Crippen molar-refractivity contribution < 1.29 is 19.8 Å². The molecular formula is C15H14BClN2O4. The topological polar surface area (TPSA) is 99.5 Å². The van der Waals surface area contributed by atoms with E-state index >= 15 is 0 Å². The number of pyridine rings is 1. The number of halogens is 1. The van der Waals surface area contributed by atoms with Crippen LogP contribution in [0.2, 0.25) is 5.02 Å². The molecule has 0 fully saturated rings. The molecule has 2 rings (SSSR count). The quantitative estimate of drug-likeness (QED) is 0.708. The lowest BCUT2D eigenvalue weighted by molar-refractivity contribution is -0.135. The average Bonchev–Trinajstić information content (AvgIpc) is 2.49. The number of benzene rings is 1. The van der Waals surface area contributed by atoms with Crippen molar-refractivity contribution in [1.82, 2.24) is 10.3 Å². The van der Waals surface area contributed by atoms with Crippen molar-refractivity contribution in [2.24, 2.45) is 0 Å². The number of aromatic hydroxyl groups is 1. The first kappa shape index (κ1) is 16.8. The van der Waals surface area contributed by atoms with Crippen LogP contribution in [0, 0.1) is 6.92 Å². The van der Waals surface area contributed by atoms with Crippen molar-refractivity contribution in [3.8, 4) is 16.9 Å². The van der Waals surface area contributed by atoms with E-state index < -0.39 is 18.4 Å². The maximum atomic E-state index is 11.8. The van der Waals surface area contributed by atoms with Gasteiger partial charge in [-0.2, -0.15) is 0 Å². The summed E-state index contributed by atoms with van der Waals surface area (Å²) >= 11 is 6.13. The lowest BCUT2D eigenvalue weighted by Gasteiger charge is -2.13. The minimum atomic E-state index is -1.18. The molecule has 1 heterocycles. The van der Waals surface area contributed by atoms with Crippen LogP contribution in [-0.4, -0.2) is 41.5 Å². The van der Waals surface area contributed by atoms with E-state index in [-0.39, 0.29) is 11.4 Å². The molecule has 0 aliphatic carbocycles. The summed E-state index contributed by atoms with van der Waals surface area (Å²) in [7, 11) is 1.86. The molecule has 0 saturated carbocycles. The molecule has 0 aliphatic heterocycles. The molecule has 0 bridgehead atoms. The number of carbonyl (C=O) groups excluding carboxylic acids is 1. The fraction of sp³-hybridized carbons (Fsp3) is 0.133. The third kappa shape index (κ3) is 3.63. The van der Waals surface area contributed by atoms with Crippen molar-refractivity contribution in [2.75, 3.05) is 6.54 Å². The molecule has 0 spiro atoms. The number of carbonyl (C=O) groups is 2. The fourth-order valence-electron chi connectivity index (χ4n) is 2.27. The zero-order valence-corrected chi connectivity index (χ0v) is 13.3. The van der Waals surface area contributed by atoms with Gasteiger partial charge >= 0.3 is 5.97 Å². The molecule has 0 atom stereocenters. The van der Waals surface area contributed by atoms with Gasteiger partial charge < -0.3 is 15.5 Å². The first-order valence-corrected chi connectivity index (χ1v) is 7.14. The monoisotopic (exact) mass is 332 g/mol. The largest absolute Gasteiger partial charge is 0.505 e. The smallest absolute Gasteiger partial charge is 0.322 e. The van der Waals surface area contributed by atoms with Crippen molar-refractivity contribution in [3.63, 3.8) is 0 Å². The van der Waals surface area contributed by atoms with E-state index in [9.17, 15) is 14.7 Å². The van der Waals surface area contributed by atoms with Crippen LogP contribution in [0.1, 0.15) is 16.1 Å². The second-order valence-corrected chi connectivity index (χ2v) is 5.44. The summed E-state index contributed by atoms with van der Waals surface area (Å²) in [5.41, 5.74) is 3.02. The van der Waals surface area contributed by atoms with E-state index in [0.29, 0.717) is 10.6 Å². The van der Waals surface area contributed by atoms with Crippen LogP contribution >= 0.6 is 11.6 Å². The molecule has 0 radical (unpaired) electrons. The highest BCUT2D eigenvalue weighted by atomic mass is 35.5. The number of nitrogens with one attached hydrogen (secondary N) is 1. The summed E-state index contributed by atoms with van der Waals surface area (Å²) < 4.78 is 0. The summed E-state index contributed by atoms with van der Waals surface area (Å²) in [6.45, 7) is 1.36. The summed E-state index contributed by atoms with van der Waals surface area (Å²) in [5.74, 6) is -2.26.